The van der Waals surface area contributed by atoms with Gasteiger partial charge >= 0.3 is 0 Å². The second-order valence-corrected chi connectivity index (χ2v) is 7.08. The molecule has 1 fully saturated rings. The fraction of sp³-hybridized carbons (Fsp3) is 0.333. The van der Waals surface area contributed by atoms with Crippen LogP contribution in [0.2, 0.25) is 0 Å². The van der Waals surface area contributed by atoms with Crippen LogP contribution in [0.3, 0.4) is 0 Å². The van der Waals surface area contributed by atoms with Crippen LogP contribution in [0.4, 0.5) is 0 Å². The van der Waals surface area contributed by atoms with Crippen molar-refractivity contribution in [1.82, 2.24) is 9.47 Å². The van der Waals surface area contributed by atoms with E-state index in [0.29, 0.717) is 11.3 Å². The Morgan fingerprint density at radius 3 is 2.52 bits per heavy atom. The predicted molar refractivity (Wildman–Crippen MR) is 96.0 cm³/mol. The third kappa shape index (κ3) is 3.32. The van der Waals surface area contributed by atoms with Crippen molar-refractivity contribution in [3.63, 3.8) is 0 Å². The van der Waals surface area contributed by atoms with E-state index in [4.69, 9.17) is 0 Å². The number of hydrogen-bond donors (Lipinski definition) is 0. The van der Waals surface area contributed by atoms with E-state index >= 15 is 0 Å². The molecule has 1 aliphatic heterocycles. The maximum absolute atomic E-state index is 12.3. The second-order valence-electron chi connectivity index (χ2n) is 6.07. The number of imide groups is 1. The average Bonchev–Trinajstić information content (AvgIpc) is 3.03. The molecule has 3 amide bonds. The van der Waals surface area contributed by atoms with Gasteiger partial charge in [0, 0.05) is 19.4 Å². The van der Waals surface area contributed by atoms with Gasteiger partial charge in [0.1, 0.15) is 6.54 Å². The second kappa shape index (κ2) is 6.76. The van der Waals surface area contributed by atoms with Crippen molar-refractivity contribution in [3.8, 4) is 0 Å². The number of aromatic nitrogens is 1. The molecule has 0 unspecified atom stereocenters. The molecule has 1 aromatic carbocycles. The summed E-state index contributed by atoms with van der Waals surface area (Å²) in [6, 6.07) is 4.15. The molecule has 130 valence electrons. The lowest BCUT2D eigenvalue weighted by atomic mass is 10.1. The van der Waals surface area contributed by atoms with Gasteiger partial charge in [-0.2, -0.15) is 4.99 Å². The van der Waals surface area contributed by atoms with E-state index in [1.807, 2.05) is 18.4 Å². The van der Waals surface area contributed by atoms with Crippen LogP contribution in [0, 0.1) is 13.8 Å². The third-order valence-corrected chi connectivity index (χ3v) is 5.32. The molecule has 6 nitrogen and oxygen atoms in total. The molecule has 2 heterocycles. The molecule has 0 atom stereocenters. The molecule has 0 saturated carbocycles. The zero-order valence-electron chi connectivity index (χ0n) is 14.2. The number of carbonyl (C=O) groups excluding carboxylic acids is 3. The zero-order chi connectivity index (χ0) is 18.1. The average molecular weight is 357 g/mol. The number of rotatable bonds is 4. The largest absolute Gasteiger partial charge is 0.312 e. The zero-order valence-corrected chi connectivity index (χ0v) is 15.1. The van der Waals surface area contributed by atoms with Crippen LogP contribution in [-0.4, -0.2) is 33.7 Å². The normalized spacial score (nSPS) is 15.4. The van der Waals surface area contributed by atoms with Gasteiger partial charge in [0.05, 0.1) is 10.2 Å². The van der Waals surface area contributed by atoms with E-state index in [2.05, 4.69) is 23.7 Å². The highest BCUT2D eigenvalue weighted by Gasteiger charge is 2.30. The summed E-state index contributed by atoms with van der Waals surface area (Å²) >= 11 is 1.41. The van der Waals surface area contributed by atoms with E-state index in [0.717, 1.165) is 20.7 Å². The van der Waals surface area contributed by atoms with Gasteiger partial charge < -0.3 is 4.57 Å². The van der Waals surface area contributed by atoms with E-state index < -0.39 is 5.91 Å². The molecule has 7 heteroatoms. The SMILES string of the molecule is C=CCn1c(=NC(=O)CN2C(=O)CCC2=O)sc2cc(C)c(C)cc21. The van der Waals surface area contributed by atoms with E-state index in [9.17, 15) is 14.4 Å². The molecule has 2 aromatic rings. The number of thiazole rings is 1. The van der Waals surface area contributed by atoms with Gasteiger partial charge in [-0.3, -0.25) is 19.3 Å². The third-order valence-electron chi connectivity index (χ3n) is 4.28. The van der Waals surface area contributed by atoms with Gasteiger partial charge in [-0.05, 0) is 37.1 Å². The van der Waals surface area contributed by atoms with Crippen molar-refractivity contribution in [2.45, 2.75) is 33.2 Å². The number of hydrogen-bond acceptors (Lipinski definition) is 4. The molecular weight excluding hydrogens is 338 g/mol. The van der Waals surface area contributed by atoms with Gasteiger partial charge in [0.15, 0.2) is 4.80 Å². The van der Waals surface area contributed by atoms with Crippen LogP contribution in [0.5, 0.6) is 0 Å². The molecule has 0 bridgehead atoms. The maximum atomic E-state index is 12.3. The molecular formula is C18H19N3O3S. The number of amides is 3. The first kappa shape index (κ1) is 17.3. The molecule has 25 heavy (non-hydrogen) atoms. The monoisotopic (exact) mass is 357 g/mol. The van der Waals surface area contributed by atoms with Crippen molar-refractivity contribution in [1.29, 1.82) is 0 Å². The molecule has 1 aromatic heterocycles. The summed E-state index contributed by atoms with van der Waals surface area (Å²) in [6.45, 7) is 8.08. The minimum atomic E-state index is -0.499. The van der Waals surface area contributed by atoms with E-state index in [-0.39, 0.29) is 31.2 Å². The van der Waals surface area contributed by atoms with E-state index in [1.54, 1.807) is 6.08 Å². The van der Waals surface area contributed by atoms with Crippen molar-refractivity contribution < 1.29 is 14.4 Å². The summed E-state index contributed by atoms with van der Waals surface area (Å²) in [5.41, 5.74) is 3.33. The van der Waals surface area contributed by atoms with Crippen molar-refractivity contribution in [2.24, 2.45) is 4.99 Å². The van der Waals surface area contributed by atoms with Crippen LogP contribution in [0.1, 0.15) is 24.0 Å². The molecule has 3 rings (SSSR count). The van der Waals surface area contributed by atoms with Crippen LogP contribution >= 0.6 is 11.3 Å². The first-order valence-corrected chi connectivity index (χ1v) is 8.84. The predicted octanol–water partition coefficient (Wildman–Crippen LogP) is 2.08. The summed E-state index contributed by atoms with van der Waals surface area (Å²) < 4.78 is 2.95. The Balaban J connectivity index is 2.01. The van der Waals surface area contributed by atoms with Crippen LogP contribution in [0.25, 0.3) is 10.2 Å². The van der Waals surface area contributed by atoms with E-state index in [1.165, 1.54) is 16.9 Å². The van der Waals surface area contributed by atoms with Gasteiger partial charge in [-0.1, -0.05) is 17.4 Å². The lowest BCUT2D eigenvalue weighted by Crippen LogP contribution is -2.34. The number of allylic oxidation sites excluding steroid dienone is 1. The number of benzene rings is 1. The topological polar surface area (TPSA) is 71.7 Å². The first-order chi connectivity index (χ1) is 11.9. The van der Waals surface area contributed by atoms with Gasteiger partial charge in [-0.15, -0.1) is 6.58 Å². The fourth-order valence-corrected chi connectivity index (χ4v) is 3.93. The Kier molecular flexibility index (Phi) is 4.67. The Morgan fingerprint density at radius 2 is 1.88 bits per heavy atom. The Hall–Kier alpha value is -2.54. The highest BCUT2D eigenvalue weighted by atomic mass is 32.1. The molecule has 0 radical (unpaired) electrons. The first-order valence-electron chi connectivity index (χ1n) is 8.03. The summed E-state index contributed by atoms with van der Waals surface area (Å²) in [5, 5.41) is 0. The number of carbonyl (C=O) groups is 3. The van der Waals surface area contributed by atoms with Crippen molar-refractivity contribution in [2.75, 3.05) is 6.54 Å². The summed E-state index contributed by atoms with van der Waals surface area (Å²) in [6.07, 6.45) is 2.09. The number of aryl methyl sites for hydroxylation is 2. The van der Waals surface area contributed by atoms with Gasteiger partial charge in [0.25, 0.3) is 5.91 Å². The Bertz CT molecular complexity index is 952. The Morgan fingerprint density at radius 1 is 1.24 bits per heavy atom. The van der Waals surface area contributed by atoms with Gasteiger partial charge in [0.2, 0.25) is 11.8 Å². The van der Waals surface area contributed by atoms with Crippen LogP contribution in [-0.2, 0) is 20.9 Å². The quantitative estimate of drug-likeness (QED) is 0.621. The van der Waals surface area contributed by atoms with Crippen LogP contribution < -0.4 is 4.80 Å². The lowest BCUT2D eigenvalue weighted by molar-refractivity contribution is -0.141. The molecule has 1 aliphatic rings. The molecule has 0 aliphatic carbocycles. The minimum Gasteiger partial charge on any atom is -0.312 e. The smallest absolute Gasteiger partial charge is 0.268 e. The number of likely N-dealkylation sites (tertiary alicyclic amines) is 1. The fourth-order valence-electron chi connectivity index (χ4n) is 2.79. The maximum Gasteiger partial charge on any atom is 0.268 e. The number of fused-ring (bicyclic) bond motifs is 1. The molecule has 0 spiro atoms. The lowest BCUT2D eigenvalue weighted by Gasteiger charge is -2.10. The Labute approximate surface area is 149 Å². The minimum absolute atomic E-state index is 0.171. The summed E-state index contributed by atoms with van der Waals surface area (Å²) in [7, 11) is 0. The summed E-state index contributed by atoms with van der Waals surface area (Å²) in [5.74, 6) is -1.12. The molecule has 1 saturated heterocycles. The van der Waals surface area contributed by atoms with Crippen molar-refractivity contribution in [3.05, 3.63) is 40.7 Å². The van der Waals surface area contributed by atoms with Crippen molar-refractivity contribution >= 4 is 39.3 Å². The highest BCUT2D eigenvalue weighted by molar-refractivity contribution is 7.16. The molecule has 0 N–H and O–H groups in total. The standard InChI is InChI=1S/C18H19N3O3S/c1-4-7-20-13-8-11(2)12(3)9-14(13)25-18(20)19-15(22)10-21-16(23)5-6-17(21)24/h4,8-9H,1,5-7,10H2,2-3H3. The number of nitrogens with zero attached hydrogens (tertiary/aromatic N) is 3. The summed E-state index contributed by atoms with van der Waals surface area (Å²) in [4.78, 5) is 41.3. The van der Waals surface area contributed by atoms with Gasteiger partial charge in [-0.25, -0.2) is 0 Å². The highest BCUT2D eigenvalue weighted by Crippen LogP contribution is 2.22. The van der Waals surface area contributed by atoms with Crippen LogP contribution in [0.15, 0.2) is 29.8 Å².